The van der Waals surface area contributed by atoms with Gasteiger partial charge in [0.15, 0.2) is 6.10 Å². The molecule has 1 atom stereocenters. The third-order valence-electron chi connectivity index (χ3n) is 15.6. The quantitative estimate of drug-likeness (QED) is 0.0261. The molecular weight excluding hydrogens is 961 g/mol. The van der Waals surface area contributed by atoms with Crippen LogP contribution in [0.25, 0.3) is 0 Å². The Morgan fingerprint density at radius 2 is 0.474 bits per heavy atom. The Balaban J connectivity index is 4.08. The lowest BCUT2D eigenvalue weighted by atomic mass is 10.0. The maximum Gasteiger partial charge on any atom is 0.306 e. The summed E-state index contributed by atoms with van der Waals surface area (Å²) in [4.78, 5) is 38.3. The number of rotatable bonds is 64. The van der Waals surface area contributed by atoms with Crippen molar-refractivity contribution in [1.82, 2.24) is 0 Å². The molecule has 0 saturated carbocycles. The molecule has 0 aliphatic carbocycles. The fourth-order valence-corrected chi connectivity index (χ4v) is 10.3. The van der Waals surface area contributed by atoms with E-state index in [-0.39, 0.29) is 31.1 Å². The molecule has 0 aliphatic heterocycles. The molecule has 456 valence electrons. The monoisotopic (exact) mass is 1090 g/mol. The summed E-state index contributed by atoms with van der Waals surface area (Å²) < 4.78 is 16.9. The van der Waals surface area contributed by atoms with E-state index in [0.717, 1.165) is 89.9 Å². The second-order valence-electron chi connectivity index (χ2n) is 23.4. The second kappa shape index (κ2) is 66.9. The van der Waals surface area contributed by atoms with Crippen molar-refractivity contribution in [2.24, 2.45) is 0 Å². The molecule has 6 nitrogen and oxygen atoms in total. The molecule has 6 heteroatoms. The van der Waals surface area contributed by atoms with E-state index in [1.165, 1.54) is 244 Å². The Morgan fingerprint density at radius 3 is 0.744 bits per heavy atom. The minimum absolute atomic E-state index is 0.0735. The molecule has 0 spiro atoms. The topological polar surface area (TPSA) is 78.9 Å². The summed E-state index contributed by atoms with van der Waals surface area (Å²) in [7, 11) is 0. The highest BCUT2D eigenvalue weighted by Gasteiger charge is 2.19. The van der Waals surface area contributed by atoms with Gasteiger partial charge in [-0.25, -0.2) is 0 Å². The predicted octanol–water partition coefficient (Wildman–Crippen LogP) is 23.7. The number of ether oxygens (including phenoxy) is 3. The van der Waals surface area contributed by atoms with E-state index in [2.05, 4.69) is 69.4 Å². The molecule has 0 N–H and O–H groups in total. The zero-order chi connectivity index (χ0) is 56.4. The van der Waals surface area contributed by atoms with Gasteiger partial charge < -0.3 is 14.2 Å². The summed E-state index contributed by atoms with van der Waals surface area (Å²) in [5.41, 5.74) is 0. The molecule has 0 bridgehead atoms. The minimum Gasteiger partial charge on any atom is -0.462 e. The molecule has 0 amide bonds. The van der Waals surface area contributed by atoms with E-state index in [4.69, 9.17) is 14.2 Å². The molecule has 0 saturated heterocycles. The highest BCUT2D eigenvalue weighted by molar-refractivity contribution is 5.71. The molecule has 0 rings (SSSR count). The van der Waals surface area contributed by atoms with Crippen LogP contribution in [0.5, 0.6) is 0 Å². The molecule has 0 radical (unpaired) electrons. The van der Waals surface area contributed by atoms with Crippen molar-refractivity contribution in [3.63, 3.8) is 0 Å². The smallest absolute Gasteiger partial charge is 0.306 e. The standard InChI is InChI=1S/C72H132O6/c1-4-7-10-13-16-19-22-25-27-28-29-30-31-32-33-34-35-36-37-38-39-40-41-42-43-44-45-48-50-53-56-59-62-65-71(74)77-68-69(67-76-70(73)64-61-58-55-52-49-46-24-21-18-15-12-9-6-3)78-72(75)66-63-60-57-54-51-47-26-23-20-17-14-11-8-5-2/h14,17,22-23,25-26,28-29,69H,4-13,15-16,18-21,24,27,30-68H2,1-3H3/b17-14-,25-22-,26-23-,29-28-. The van der Waals surface area contributed by atoms with Crippen molar-refractivity contribution in [3.8, 4) is 0 Å². The van der Waals surface area contributed by atoms with E-state index in [1.54, 1.807) is 0 Å². The van der Waals surface area contributed by atoms with Gasteiger partial charge in [-0.2, -0.15) is 0 Å². The first kappa shape index (κ1) is 75.4. The van der Waals surface area contributed by atoms with Crippen LogP contribution in [0, 0.1) is 0 Å². The van der Waals surface area contributed by atoms with Gasteiger partial charge in [0.2, 0.25) is 0 Å². The van der Waals surface area contributed by atoms with E-state index in [0.29, 0.717) is 19.3 Å². The third-order valence-corrected chi connectivity index (χ3v) is 15.6. The molecule has 78 heavy (non-hydrogen) atoms. The van der Waals surface area contributed by atoms with Crippen LogP contribution in [-0.4, -0.2) is 37.2 Å². The first-order valence-electron chi connectivity index (χ1n) is 34.6. The van der Waals surface area contributed by atoms with Crippen molar-refractivity contribution >= 4 is 17.9 Å². The van der Waals surface area contributed by atoms with Gasteiger partial charge >= 0.3 is 17.9 Å². The van der Waals surface area contributed by atoms with Gasteiger partial charge in [-0.1, -0.05) is 326 Å². The van der Waals surface area contributed by atoms with E-state index < -0.39 is 6.10 Å². The van der Waals surface area contributed by atoms with Crippen LogP contribution in [-0.2, 0) is 28.6 Å². The fourth-order valence-electron chi connectivity index (χ4n) is 10.3. The van der Waals surface area contributed by atoms with Crippen molar-refractivity contribution in [2.75, 3.05) is 13.2 Å². The van der Waals surface area contributed by atoms with Crippen LogP contribution in [0.15, 0.2) is 48.6 Å². The normalized spacial score (nSPS) is 12.3. The number of hydrogen-bond acceptors (Lipinski definition) is 6. The van der Waals surface area contributed by atoms with Crippen molar-refractivity contribution in [2.45, 2.75) is 380 Å². The second-order valence-corrected chi connectivity index (χ2v) is 23.4. The first-order chi connectivity index (χ1) is 38.5. The van der Waals surface area contributed by atoms with Gasteiger partial charge in [-0.15, -0.1) is 0 Å². The Morgan fingerprint density at radius 1 is 0.256 bits per heavy atom. The highest BCUT2D eigenvalue weighted by Crippen LogP contribution is 2.18. The zero-order valence-corrected chi connectivity index (χ0v) is 52.5. The molecule has 0 heterocycles. The number of esters is 3. The Labute approximate surface area is 486 Å². The Bertz CT molecular complexity index is 1350. The summed E-state index contributed by atoms with van der Waals surface area (Å²) >= 11 is 0. The molecule has 0 fully saturated rings. The largest absolute Gasteiger partial charge is 0.462 e. The van der Waals surface area contributed by atoms with E-state index in [9.17, 15) is 14.4 Å². The summed E-state index contributed by atoms with van der Waals surface area (Å²) in [5.74, 6) is -0.864. The number of carbonyl (C=O) groups is 3. The summed E-state index contributed by atoms with van der Waals surface area (Å²) in [6.45, 7) is 6.63. The lowest BCUT2D eigenvalue weighted by molar-refractivity contribution is -0.167. The number of allylic oxidation sites excluding steroid dienone is 8. The maximum absolute atomic E-state index is 12.9. The molecular formula is C72H132O6. The van der Waals surface area contributed by atoms with Gasteiger partial charge in [0.05, 0.1) is 0 Å². The fraction of sp³-hybridized carbons (Fsp3) is 0.847. The van der Waals surface area contributed by atoms with Crippen LogP contribution in [0.3, 0.4) is 0 Å². The van der Waals surface area contributed by atoms with Gasteiger partial charge in [0.25, 0.3) is 0 Å². The number of hydrogen-bond donors (Lipinski definition) is 0. The number of unbranched alkanes of at least 4 members (excludes halogenated alkanes) is 45. The van der Waals surface area contributed by atoms with E-state index in [1.807, 2.05) is 0 Å². The van der Waals surface area contributed by atoms with Gasteiger partial charge in [-0.3, -0.25) is 14.4 Å². The summed E-state index contributed by atoms with van der Waals surface area (Å²) in [6, 6.07) is 0. The van der Waals surface area contributed by atoms with E-state index >= 15 is 0 Å². The molecule has 0 aromatic heterocycles. The lowest BCUT2D eigenvalue weighted by Gasteiger charge is -2.18. The highest BCUT2D eigenvalue weighted by atomic mass is 16.6. The van der Waals surface area contributed by atoms with Crippen LogP contribution in [0.4, 0.5) is 0 Å². The van der Waals surface area contributed by atoms with Crippen LogP contribution in [0.2, 0.25) is 0 Å². The Kier molecular flexibility index (Phi) is 64.6. The summed E-state index contributed by atoms with van der Waals surface area (Å²) in [5, 5.41) is 0. The first-order valence-corrected chi connectivity index (χ1v) is 34.6. The minimum atomic E-state index is -0.777. The van der Waals surface area contributed by atoms with Gasteiger partial charge in [0.1, 0.15) is 13.2 Å². The summed E-state index contributed by atoms with van der Waals surface area (Å²) in [6.07, 6.45) is 84.4. The molecule has 0 aliphatic rings. The van der Waals surface area contributed by atoms with Gasteiger partial charge in [-0.05, 0) is 77.0 Å². The lowest BCUT2D eigenvalue weighted by Crippen LogP contribution is -2.30. The van der Waals surface area contributed by atoms with Crippen LogP contribution >= 0.6 is 0 Å². The van der Waals surface area contributed by atoms with Crippen molar-refractivity contribution in [1.29, 1.82) is 0 Å². The van der Waals surface area contributed by atoms with Crippen molar-refractivity contribution < 1.29 is 28.6 Å². The number of carbonyl (C=O) groups excluding carboxylic acids is 3. The van der Waals surface area contributed by atoms with Crippen molar-refractivity contribution in [3.05, 3.63) is 48.6 Å². The average Bonchev–Trinajstić information content (AvgIpc) is 3.44. The molecule has 1 unspecified atom stereocenters. The SMILES string of the molecule is CCCC/C=C\C/C=C\CCCCCCCC(=O)OC(COC(=O)CCCCCCCCCCCCCCC)COC(=O)CCCCCCCCCCCCCCCCCCCCCCC/C=C\C/C=C\CCCCCCC. The zero-order valence-electron chi connectivity index (χ0n) is 52.5. The van der Waals surface area contributed by atoms with Crippen LogP contribution in [0.1, 0.15) is 374 Å². The predicted molar refractivity (Wildman–Crippen MR) is 339 cm³/mol. The van der Waals surface area contributed by atoms with Crippen LogP contribution < -0.4 is 0 Å². The maximum atomic E-state index is 12.9. The Hall–Kier alpha value is -2.63. The average molecular weight is 1090 g/mol. The van der Waals surface area contributed by atoms with Gasteiger partial charge in [0, 0.05) is 19.3 Å². The third kappa shape index (κ3) is 64.2. The molecule has 0 aromatic carbocycles. The molecule has 0 aromatic rings.